The number of carbonyl (C=O) groups is 1. The molecule has 1 N–H and O–H groups in total. The van der Waals surface area contributed by atoms with Gasteiger partial charge in [0.25, 0.3) is 0 Å². The van der Waals surface area contributed by atoms with Gasteiger partial charge in [0.15, 0.2) is 0 Å². The molecule has 1 aliphatic rings. The van der Waals surface area contributed by atoms with Crippen molar-refractivity contribution in [2.24, 2.45) is 11.8 Å². The van der Waals surface area contributed by atoms with Gasteiger partial charge in [0.2, 0.25) is 0 Å². The first-order chi connectivity index (χ1) is 9.47. The third-order valence-corrected chi connectivity index (χ3v) is 4.01. The second kappa shape index (κ2) is 6.27. The Morgan fingerprint density at radius 2 is 2.15 bits per heavy atom. The van der Waals surface area contributed by atoms with Crippen LogP contribution in [0.3, 0.4) is 0 Å². The van der Waals surface area contributed by atoms with Gasteiger partial charge in [-0.2, -0.15) is 0 Å². The zero-order valence-electron chi connectivity index (χ0n) is 12.4. The van der Waals surface area contributed by atoms with E-state index in [2.05, 4.69) is 17.0 Å². The van der Waals surface area contributed by atoms with E-state index < -0.39 is 5.97 Å². The van der Waals surface area contributed by atoms with Crippen LogP contribution in [-0.2, 0) is 4.79 Å². The first kappa shape index (κ1) is 14.9. The summed E-state index contributed by atoms with van der Waals surface area (Å²) in [4.78, 5) is 13.3. The lowest BCUT2D eigenvalue weighted by Gasteiger charge is -2.16. The first-order valence-electron chi connectivity index (χ1n) is 7.12. The van der Waals surface area contributed by atoms with E-state index in [1.54, 1.807) is 0 Å². The number of rotatable bonds is 5. The molecule has 0 spiro atoms. The standard InChI is InChI=1S/C16H23NO3/c1-11-4-5-12(2)15(8-11)20-7-6-17-9-13(3)14(10-17)16(18)19/h4-5,8,13-14H,6-7,9-10H2,1-3H3,(H,18,19). The van der Waals surface area contributed by atoms with Crippen LogP contribution in [0.15, 0.2) is 18.2 Å². The molecular formula is C16H23NO3. The summed E-state index contributed by atoms with van der Waals surface area (Å²) >= 11 is 0. The number of carboxylic acid groups (broad SMARTS) is 1. The van der Waals surface area contributed by atoms with Crippen LogP contribution in [0.1, 0.15) is 18.1 Å². The van der Waals surface area contributed by atoms with Gasteiger partial charge in [0.1, 0.15) is 12.4 Å². The predicted molar refractivity (Wildman–Crippen MR) is 78.1 cm³/mol. The largest absolute Gasteiger partial charge is 0.492 e. The Morgan fingerprint density at radius 3 is 2.80 bits per heavy atom. The van der Waals surface area contributed by atoms with Gasteiger partial charge in [0, 0.05) is 19.6 Å². The zero-order valence-corrected chi connectivity index (χ0v) is 12.4. The SMILES string of the molecule is Cc1ccc(C)c(OCCN2CC(C)C(C(=O)O)C2)c1. The van der Waals surface area contributed by atoms with Gasteiger partial charge in [-0.05, 0) is 37.0 Å². The number of nitrogens with zero attached hydrogens (tertiary/aromatic N) is 1. The molecule has 4 nitrogen and oxygen atoms in total. The van der Waals surface area contributed by atoms with Crippen LogP contribution in [0.5, 0.6) is 5.75 Å². The summed E-state index contributed by atoms with van der Waals surface area (Å²) in [7, 11) is 0. The molecule has 1 heterocycles. The minimum absolute atomic E-state index is 0.216. The smallest absolute Gasteiger partial charge is 0.308 e. The minimum Gasteiger partial charge on any atom is -0.492 e. The lowest BCUT2D eigenvalue weighted by atomic mass is 9.99. The van der Waals surface area contributed by atoms with E-state index in [4.69, 9.17) is 9.84 Å². The number of hydrogen-bond acceptors (Lipinski definition) is 3. The maximum atomic E-state index is 11.1. The van der Waals surface area contributed by atoms with Gasteiger partial charge < -0.3 is 9.84 Å². The van der Waals surface area contributed by atoms with E-state index in [1.807, 2.05) is 26.8 Å². The summed E-state index contributed by atoms with van der Waals surface area (Å²) in [6.07, 6.45) is 0. The quantitative estimate of drug-likeness (QED) is 0.897. The van der Waals surface area contributed by atoms with Gasteiger partial charge in [-0.1, -0.05) is 19.1 Å². The number of likely N-dealkylation sites (tertiary alicyclic amines) is 1. The van der Waals surface area contributed by atoms with Crippen molar-refractivity contribution in [1.82, 2.24) is 4.90 Å². The lowest BCUT2D eigenvalue weighted by molar-refractivity contribution is -0.142. The maximum absolute atomic E-state index is 11.1. The number of carboxylic acids is 1. The summed E-state index contributed by atoms with van der Waals surface area (Å²) in [5.74, 6) is 0.214. The minimum atomic E-state index is -0.685. The summed E-state index contributed by atoms with van der Waals surface area (Å²) in [5.41, 5.74) is 2.32. The van der Waals surface area contributed by atoms with Crippen LogP contribution in [-0.4, -0.2) is 42.2 Å². The van der Waals surface area contributed by atoms with E-state index in [0.29, 0.717) is 13.2 Å². The number of benzene rings is 1. The molecule has 2 rings (SSSR count). The molecule has 1 aromatic carbocycles. The molecule has 1 fully saturated rings. The lowest BCUT2D eigenvalue weighted by Crippen LogP contribution is -2.27. The normalized spacial score (nSPS) is 22.9. The highest BCUT2D eigenvalue weighted by atomic mass is 16.5. The van der Waals surface area contributed by atoms with Crippen LogP contribution >= 0.6 is 0 Å². The zero-order chi connectivity index (χ0) is 14.7. The summed E-state index contributed by atoms with van der Waals surface area (Å²) in [5, 5.41) is 9.11. The molecule has 1 saturated heterocycles. The highest BCUT2D eigenvalue weighted by molar-refractivity contribution is 5.71. The summed E-state index contributed by atoms with van der Waals surface area (Å²) < 4.78 is 5.82. The van der Waals surface area contributed by atoms with Gasteiger partial charge in [-0.3, -0.25) is 9.69 Å². The molecule has 0 aliphatic carbocycles. The molecule has 0 aromatic heterocycles. The Hall–Kier alpha value is -1.55. The molecule has 110 valence electrons. The fraction of sp³-hybridized carbons (Fsp3) is 0.562. The van der Waals surface area contributed by atoms with Crippen molar-refractivity contribution in [3.05, 3.63) is 29.3 Å². The van der Waals surface area contributed by atoms with Crippen molar-refractivity contribution in [2.45, 2.75) is 20.8 Å². The van der Waals surface area contributed by atoms with Gasteiger partial charge in [-0.25, -0.2) is 0 Å². The monoisotopic (exact) mass is 277 g/mol. The van der Waals surface area contributed by atoms with Crippen molar-refractivity contribution in [3.8, 4) is 5.75 Å². The molecule has 2 atom stereocenters. The van der Waals surface area contributed by atoms with Crippen molar-refractivity contribution in [2.75, 3.05) is 26.2 Å². The van der Waals surface area contributed by atoms with Crippen molar-refractivity contribution in [3.63, 3.8) is 0 Å². The Bertz CT molecular complexity index is 487. The predicted octanol–water partition coefficient (Wildman–Crippen LogP) is 2.33. The van der Waals surface area contributed by atoms with Crippen LogP contribution in [0.2, 0.25) is 0 Å². The molecule has 2 unspecified atom stereocenters. The van der Waals surface area contributed by atoms with E-state index in [9.17, 15) is 4.79 Å². The molecule has 4 heteroatoms. The second-order valence-electron chi connectivity index (χ2n) is 5.80. The van der Waals surface area contributed by atoms with Gasteiger partial charge in [-0.15, -0.1) is 0 Å². The fourth-order valence-corrected chi connectivity index (χ4v) is 2.72. The van der Waals surface area contributed by atoms with E-state index in [1.165, 1.54) is 5.56 Å². The second-order valence-corrected chi connectivity index (χ2v) is 5.80. The highest BCUT2D eigenvalue weighted by Gasteiger charge is 2.34. The molecule has 0 radical (unpaired) electrons. The molecule has 1 aromatic rings. The maximum Gasteiger partial charge on any atom is 0.308 e. The highest BCUT2D eigenvalue weighted by Crippen LogP contribution is 2.23. The third-order valence-electron chi connectivity index (χ3n) is 4.01. The first-order valence-corrected chi connectivity index (χ1v) is 7.12. The Balaban J connectivity index is 1.82. The topological polar surface area (TPSA) is 49.8 Å². The summed E-state index contributed by atoms with van der Waals surface area (Å²) in [6.45, 7) is 8.94. The Morgan fingerprint density at radius 1 is 1.40 bits per heavy atom. The Kier molecular flexibility index (Phi) is 4.65. The van der Waals surface area contributed by atoms with Gasteiger partial charge in [0.05, 0.1) is 5.92 Å². The average molecular weight is 277 g/mol. The van der Waals surface area contributed by atoms with Crippen molar-refractivity contribution in [1.29, 1.82) is 0 Å². The van der Waals surface area contributed by atoms with Crippen molar-refractivity contribution < 1.29 is 14.6 Å². The van der Waals surface area contributed by atoms with Crippen LogP contribution in [0.4, 0.5) is 0 Å². The van der Waals surface area contributed by atoms with Crippen molar-refractivity contribution >= 4 is 5.97 Å². The van der Waals surface area contributed by atoms with E-state index in [-0.39, 0.29) is 11.8 Å². The van der Waals surface area contributed by atoms with E-state index >= 15 is 0 Å². The van der Waals surface area contributed by atoms with Crippen LogP contribution < -0.4 is 4.74 Å². The van der Waals surface area contributed by atoms with E-state index in [0.717, 1.165) is 24.4 Å². The molecule has 0 bridgehead atoms. The van der Waals surface area contributed by atoms with Crippen LogP contribution in [0.25, 0.3) is 0 Å². The molecule has 20 heavy (non-hydrogen) atoms. The number of aliphatic carboxylic acids is 1. The Labute approximate surface area is 120 Å². The number of hydrogen-bond donors (Lipinski definition) is 1. The fourth-order valence-electron chi connectivity index (χ4n) is 2.72. The molecule has 0 amide bonds. The number of aryl methyl sites for hydroxylation is 2. The van der Waals surface area contributed by atoms with Gasteiger partial charge >= 0.3 is 5.97 Å². The molecule has 0 saturated carbocycles. The summed E-state index contributed by atoms with van der Waals surface area (Å²) in [6, 6.07) is 6.17. The number of ether oxygens (including phenoxy) is 1. The molecule has 1 aliphatic heterocycles. The van der Waals surface area contributed by atoms with Crippen LogP contribution in [0, 0.1) is 25.7 Å². The third kappa shape index (κ3) is 3.51. The molecular weight excluding hydrogens is 254 g/mol. The average Bonchev–Trinajstić information content (AvgIpc) is 2.75.